The van der Waals surface area contributed by atoms with Crippen LogP contribution in [0.1, 0.15) is 31.4 Å². The molecule has 1 heterocycles. The maximum absolute atomic E-state index is 14.2. The quantitative estimate of drug-likeness (QED) is 0.445. The summed E-state index contributed by atoms with van der Waals surface area (Å²) in [5.41, 5.74) is -2.24. The van der Waals surface area contributed by atoms with E-state index in [4.69, 9.17) is 4.74 Å². The van der Waals surface area contributed by atoms with Crippen LogP contribution >= 0.6 is 0 Å². The van der Waals surface area contributed by atoms with Crippen LogP contribution in [-0.2, 0) is 11.8 Å². The van der Waals surface area contributed by atoms with Gasteiger partial charge in [-0.25, -0.2) is 4.39 Å². The molecule has 2 aromatic carbocycles. The highest BCUT2D eigenvalue weighted by Crippen LogP contribution is 2.45. The Morgan fingerprint density at radius 2 is 1.69 bits per heavy atom. The number of pyridine rings is 1. The first-order chi connectivity index (χ1) is 14.9. The fourth-order valence-electron chi connectivity index (χ4n) is 4.03. The van der Waals surface area contributed by atoms with Crippen LogP contribution in [0.2, 0.25) is 0 Å². The van der Waals surface area contributed by atoms with Gasteiger partial charge in [0, 0.05) is 24.4 Å². The number of ether oxygens (including phenoxy) is 1. The molecule has 0 spiro atoms. The van der Waals surface area contributed by atoms with Gasteiger partial charge >= 0.3 is 6.18 Å². The van der Waals surface area contributed by atoms with Crippen LogP contribution in [0, 0.1) is 5.82 Å². The van der Waals surface area contributed by atoms with E-state index in [1.807, 2.05) is 0 Å². The van der Waals surface area contributed by atoms with Crippen LogP contribution in [0.4, 0.5) is 17.6 Å². The lowest BCUT2D eigenvalue weighted by Gasteiger charge is -2.38. The fourth-order valence-corrected chi connectivity index (χ4v) is 4.03. The minimum Gasteiger partial charge on any atom is -0.496 e. The molecule has 0 aliphatic carbocycles. The van der Waals surface area contributed by atoms with Crippen molar-refractivity contribution >= 4 is 0 Å². The summed E-state index contributed by atoms with van der Waals surface area (Å²) in [6.45, 7) is 3.07. The Bertz CT molecular complexity index is 1070. The molecule has 7 heteroatoms. The molecular formula is C25H25F4NO2. The van der Waals surface area contributed by atoms with Gasteiger partial charge in [0.25, 0.3) is 0 Å². The molecule has 0 radical (unpaired) electrons. The first-order valence-electron chi connectivity index (χ1n) is 10.1. The van der Waals surface area contributed by atoms with Gasteiger partial charge in [-0.2, -0.15) is 13.2 Å². The van der Waals surface area contributed by atoms with Crippen LogP contribution in [-0.4, -0.2) is 29.0 Å². The molecule has 3 aromatic rings. The van der Waals surface area contributed by atoms with Crippen LogP contribution in [0.25, 0.3) is 11.1 Å². The van der Waals surface area contributed by atoms with Gasteiger partial charge in [-0.15, -0.1) is 0 Å². The standard InChI is InChI=1S/C25H25F4NO2/c1-23(2,21-13-20(26)9-10-22(21)32-3)16-24(31,25(27,28)29)14-17-6-4-7-18(12-17)19-8-5-11-30-15-19/h4-13,15,31H,14,16H2,1-3H3. The number of alkyl halides is 3. The zero-order valence-electron chi connectivity index (χ0n) is 18.1. The third-order valence-corrected chi connectivity index (χ3v) is 5.57. The van der Waals surface area contributed by atoms with Crippen molar-refractivity contribution in [3.05, 3.63) is 83.9 Å². The fraction of sp³-hybridized carbons (Fsp3) is 0.320. The highest BCUT2D eigenvalue weighted by atomic mass is 19.4. The number of benzene rings is 2. The summed E-state index contributed by atoms with van der Waals surface area (Å²) in [4.78, 5) is 4.04. The van der Waals surface area contributed by atoms with Gasteiger partial charge in [0.15, 0.2) is 5.60 Å². The van der Waals surface area contributed by atoms with Crippen molar-refractivity contribution in [3.63, 3.8) is 0 Å². The Hall–Kier alpha value is -2.93. The molecular weight excluding hydrogens is 422 g/mol. The number of nitrogens with zero attached hydrogens (tertiary/aromatic N) is 1. The lowest BCUT2D eigenvalue weighted by molar-refractivity contribution is -0.266. The summed E-state index contributed by atoms with van der Waals surface area (Å²) in [7, 11) is 1.37. The van der Waals surface area contributed by atoms with E-state index in [1.54, 1.807) is 48.8 Å². The summed E-state index contributed by atoms with van der Waals surface area (Å²) in [5.74, 6) is -0.326. The van der Waals surface area contributed by atoms with E-state index in [2.05, 4.69) is 4.98 Å². The molecule has 0 saturated heterocycles. The van der Waals surface area contributed by atoms with E-state index < -0.39 is 35.9 Å². The molecule has 0 fully saturated rings. The van der Waals surface area contributed by atoms with Crippen LogP contribution < -0.4 is 4.74 Å². The van der Waals surface area contributed by atoms with Crippen LogP contribution in [0.15, 0.2) is 67.0 Å². The minimum atomic E-state index is -4.91. The number of aromatic nitrogens is 1. The van der Waals surface area contributed by atoms with Crippen LogP contribution in [0.3, 0.4) is 0 Å². The predicted molar refractivity (Wildman–Crippen MR) is 115 cm³/mol. The average Bonchev–Trinajstić information content (AvgIpc) is 2.73. The zero-order valence-corrected chi connectivity index (χ0v) is 18.1. The van der Waals surface area contributed by atoms with Gasteiger partial charge in [-0.3, -0.25) is 4.98 Å². The maximum Gasteiger partial charge on any atom is 0.417 e. The molecule has 0 aliphatic rings. The number of rotatable bonds is 7. The molecule has 3 nitrogen and oxygen atoms in total. The second-order valence-corrected chi connectivity index (χ2v) is 8.55. The number of hydrogen-bond donors (Lipinski definition) is 1. The average molecular weight is 447 g/mol. The Balaban J connectivity index is 1.97. The van der Waals surface area contributed by atoms with Crippen LogP contribution in [0.5, 0.6) is 5.75 Å². The number of halogens is 4. The molecule has 0 amide bonds. The predicted octanol–water partition coefficient (Wildman–Crippen LogP) is 6.10. The molecule has 3 rings (SSSR count). The topological polar surface area (TPSA) is 42.4 Å². The Morgan fingerprint density at radius 3 is 2.31 bits per heavy atom. The van der Waals surface area contributed by atoms with Crippen molar-refractivity contribution in [1.82, 2.24) is 4.98 Å². The SMILES string of the molecule is COc1ccc(F)cc1C(C)(C)CC(O)(Cc1cccc(-c2cccnc2)c1)C(F)(F)F. The van der Waals surface area contributed by atoms with E-state index in [-0.39, 0.29) is 11.3 Å². The van der Waals surface area contributed by atoms with Gasteiger partial charge in [0.1, 0.15) is 11.6 Å². The highest BCUT2D eigenvalue weighted by Gasteiger charge is 2.56. The number of hydrogen-bond acceptors (Lipinski definition) is 3. The third-order valence-electron chi connectivity index (χ3n) is 5.57. The molecule has 32 heavy (non-hydrogen) atoms. The Morgan fingerprint density at radius 1 is 0.969 bits per heavy atom. The van der Waals surface area contributed by atoms with Crippen molar-refractivity contribution in [2.45, 2.75) is 43.9 Å². The largest absolute Gasteiger partial charge is 0.496 e. The smallest absolute Gasteiger partial charge is 0.417 e. The van der Waals surface area contributed by atoms with Crippen molar-refractivity contribution in [1.29, 1.82) is 0 Å². The molecule has 0 aliphatic heterocycles. The van der Waals surface area contributed by atoms with E-state index in [9.17, 15) is 22.7 Å². The van der Waals surface area contributed by atoms with E-state index in [1.165, 1.54) is 33.1 Å². The van der Waals surface area contributed by atoms with E-state index in [0.717, 1.165) is 11.6 Å². The molecule has 1 N–H and O–H groups in total. The molecule has 170 valence electrons. The first-order valence-corrected chi connectivity index (χ1v) is 10.1. The molecule has 0 bridgehead atoms. The summed E-state index contributed by atoms with van der Waals surface area (Å²) < 4.78 is 61.6. The van der Waals surface area contributed by atoms with Gasteiger partial charge < -0.3 is 9.84 Å². The molecule has 1 aromatic heterocycles. The molecule has 1 atom stereocenters. The monoisotopic (exact) mass is 447 g/mol. The normalized spacial score (nSPS) is 14.1. The van der Waals surface area contributed by atoms with E-state index in [0.29, 0.717) is 11.1 Å². The lowest BCUT2D eigenvalue weighted by Crippen LogP contribution is -2.50. The summed E-state index contributed by atoms with van der Waals surface area (Å²) >= 11 is 0. The summed E-state index contributed by atoms with van der Waals surface area (Å²) in [6, 6.07) is 13.8. The van der Waals surface area contributed by atoms with E-state index >= 15 is 0 Å². The Labute approximate surface area is 184 Å². The number of aliphatic hydroxyl groups is 1. The van der Waals surface area contributed by atoms with Crippen molar-refractivity contribution in [3.8, 4) is 16.9 Å². The second-order valence-electron chi connectivity index (χ2n) is 8.55. The zero-order chi connectivity index (χ0) is 23.6. The van der Waals surface area contributed by atoms with Crippen molar-refractivity contribution in [2.24, 2.45) is 0 Å². The van der Waals surface area contributed by atoms with Crippen molar-refractivity contribution < 1.29 is 27.4 Å². The van der Waals surface area contributed by atoms with Crippen molar-refractivity contribution in [2.75, 3.05) is 7.11 Å². The minimum absolute atomic E-state index is 0.256. The summed E-state index contributed by atoms with van der Waals surface area (Å²) in [6.07, 6.45) is -3.01. The molecule has 1 unspecified atom stereocenters. The first kappa shape index (κ1) is 23.7. The lowest BCUT2D eigenvalue weighted by atomic mass is 9.72. The van der Waals surface area contributed by atoms with Gasteiger partial charge in [0.05, 0.1) is 7.11 Å². The highest BCUT2D eigenvalue weighted by molar-refractivity contribution is 5.63. The van der Waals surface area contributed by atoms with Gasteiger partial charge in [0.2, 0.25) is 0 Å². The van der Waals surface area contributed by atoms with Gasteiger partial charge in [-0.05, 0) is 52.8 Å². The second kappa shape index (κ2) is 8.90. The van der Waals surface area contributed by atoms with Gasteiger partial charge in [-0.1, -0.05) is 44.2 Å². The number of methoxy groups -OCH3 is 1. The molecule has 0 saturated carbocycles. The maximum atomic E-state index is 14.2. The third kappa shape index (κ3) is 5.10. The Kier molecular flexibility index (Phi) is 6.60. The summed E-state index contributed by atoms with van der Waals surface area (Å²) in [5, 5.41) is 10.9.